The van der Waals surface area contributed by atoms with Gasteiger partial charge in [0, 0.05) is 37.9 Å². The Morgan fingerprint density at radius 1 is 1.32 bits per heavy atom. The van der Waals surface area contributed by atoms with Crippen molar-refractivity contribution in [2.75, 3.05) is 31.5 Å². The third kappa shape index (κ3) is 6.33. The highest BCUT2D eigenvalue weighted by Crippen LogP contribution is 2.29. The molecular formula is C24H33F3N6O4. The number of aliphatic hydroxyl groups is 1. The minimum Gasteiger partial charge on any atom is -0.437 e. The minimum atomic E-state index is -4.59. The Labute approximate surface area is 213 Å². The van der Waals surface area contributed by atoms with E-state index >= 15 is 0 Å². The van der Waals surface area contributed by atoms with Crippen LogP contribution in [-0.2, 0) is 11.3 Å². The third-order valence-corrected chi connectivity index (χ3v) is 6.88. The summed E-state index contributed by atoms with van der Waals surface area (Å²) >= 11 is 0. The topological polar surface area (TPSA) is 116 Å². The molecule has 204 valence electrons. The maximum absolute atomic E-state index is 12.8. The Bertz CT molecular complexity index is 1110. The van der Waals surface area contributed by atoms with Crippen molar-refractivity contribution in [1.29, 1.82) is 0 Å². The van der Waals surface area contributed by atoms with Crippen LogP contribution in [0, 0.1) is 13.8 Å². The van der Waals surface area contributed by atoms with E-state index in [9.17, 15) is 23.1 Å². The number of hydrogen-bond acceptors (Lipinski definition) is 9. The molecule has 10 nitrogen and oxygen atoms in total. The van der Waals surface area contributed by atoms with Gasteiger partial charge in [0.25, 0.3) is 0 Å². The Kier molecular flexibility index (Phi) is 7.95. The van der Waals surface area contributed by atoms with Gasteiger partial charge < -0.3 is 29.8 Å². The molecule has 37 heavy (non-hydrogen) atoms. The lowest BCUT2D eigenvalue weighted by molar-refractivity contribution is -0.200. The molecule has 13 heteroatoms. The summed E-state index contributed by atoms with van der Waals surface area (Å²) in [6, 6.07) is 3.59. The first-order chi connectivity index (χ1) is 17.4. The number of hydrogen-bond donors (Lipinski definition) is 3. The van der Waals surface area contributed by atoms with Crippen molar-refractivity contribution >= 4 is 17.8 Å². The van der Waals surface area contributed by atoms with Crippen LogP contribution in [0.25, 0.3) is 0 Å². The number of aryl methyl sites for hydroxylation is 1. The molecule has 0 unspecified atom stereocenters. The molecule has 1 aromatic carbocycles. The van der Waals surface area contributed by atoms with Gasteiger partial charge in [-0.25, -0.2) is 4.79 Å². The van der Waals surface area contributed by atoms with E-state index in [1.54, 1.807) is 6.92 Å². The molecule has 4 atom stereocenters. The summed E-state index contributed by atoms with van der Waals surface area (Å²) in [4.78, 5) is 15.8. The number of rotatable bonds is 6. The second-order valence-electron chi connectivity index (χ2n) is 9.80. The molecule has 2 aliphatic rings. The van der Waals surface area contributed by atoms with Gasteiger partial charge in [0.1, 0.15) is 6.04 Å². The highest BCUT2D eigenvalue weighted by molar-refractivity contribution is 5.68. The first kappa shape index (κ1) is 27.1. The molecule has 2 aliphatic heterocycles. The van der Waals surface area contributed by atoms with Crippen molar-refractivity contribution in [3.63, 3.8) is 0 Å². The second kappa shape index (κ2) is 10.8. The number of ether oxygens (including phenoxy) is 1. The maximum atomic E-state index is 12.8. The summed E-state index contributed by atoms with van der Waals surface area (Å²) in [5.74, 6) is 0.327. The zero-order chi connectivity index (χ0) is 26.9. The van der Waals surface area contributed by atoms with Crippen LogP contribution in [0.15, 0.2) is 16.5 Å². The van der Waals surface area contributed by atoms with Gasteiger partial charge in [0.05, 0.1) is 6.10 Å². The summed E-state index contributed by atoms with van der Waals surface area (Å²) in [6.07, 6.45) is -7.64. The number of aromatic nitrogens is 2. The summed E-state index contributed by atoms with van der Waals surface area (Å²) in [5, 5.41) is 24.5. The van der Waals surface area contributed by atoms with Crippen molar-refractivity contribution in [2.45, 2.75) is 71.1 Å². The van der Waals surface area contributed by atoms with Crippen LogP contribution >= 0.6 is 0 Å². The summed E-state index contributed by atoms with van der Waals surface area (Å²) in [5.41, 5.74) is 3.87. The van der Waals surface area contributed by atoms with Crippen molar-refractivity contribution in [3.8, 4) is 0 Å². The van der Waals surface area contributed by atoms with Gasteiger partial charge in [0.15, 0.2) is 6.10 Å². The number of piperazine rings is 1. The van der Waals surface area contributed by atoms with Crippen LogP contribution in [0.3, 0.4) is 0 Å². The largest absolute Gasteiger partial charge is 0.437 e. The molecule has 4 rings (SSSR count). The lowest BCUT2D eigenvalue weighted by Gasteiger charge is -2.39. The molecule has 0 saturated carbocycles. The predicted molar refractivity (Wildman–Crippen MR) is 128 cm³/mol. The first-order valence-corrected chi connectivity index (χ1v) is 12.3. The molecule has 0 bridgehead atoms. The number of amides is 1. The van der Waals surface area contributed by atoms with E-state index in [1.807, 2.05) is 19.9 Å². The second-order valence-corrected chi connectivity index (χ2v) is 9.80. The van der Waals surface area contributed by atoms with E-state index in [1.165, 1.54) is 4.90 Å². The monoisotopic (exact) mass is 526 g/mol. The van der Waals surface area contributed by atoms with Gasteiger partial charge in [-0.2, -0.15) is 13.2 Å². The SMILES string of the molecule is Cc1cc(CN2CCN(C(=O)O[C@H](C)C(F)(F)F)[C@@H](C)C2)c(C)c(Nc2nnc([C@H]3NCC[C@H]3O)o2)c1. The molecular weight excluding hydrogens is 493 g/mol. The lowest BCUT2D eigenvalue weighted by Crippen LogP contribution is -2.54. The van der Waals surface area contributed by atoms with Gasteiger partial charge in [-0.3, -0.25) is 4.90 Å². The van der Waals surface area contributed by atoms with Crippen LogP contribution in [-0.4, -0.2) is 81.8 Å². The Morgan fingerprint density at radius 3 is 2.73 bits per heavy atom. The van der Waals surface area contributed by atoms with E-state index in [0.29, 0.717) is 38.5 Å². The van der Waals surface area contributed by atoms with Crippen molar-refractivity contribution in [2.24, 2.45) is 0 Å². The number of anilines is 2. The molecule has 1 aromatic heterocycles. The number of alkyl halides is 3. The number of nitrogens with one attached hydrogen (secondary N) is 2. The molecule has 0 spiro atoms. The fourth-order valence-electron chi connectivity index (χ4n) is 4.67. The van der Waals surface area contributed by atoms with E-state index in [4.69, 9.17) is 4.42 Å². The Balaban J connectivity index is 1.39. The summed E-state index contributed by atoms with van der Waals surface area (Å²) < 4.78 is 48.7. The first-order valence-electron chi connectivity index (χ1n) is 12.3. The number of nitrogens with zero attached hydrogens (tertiary/aromatic N) is 4. The molecule has 0 radical (unpaired) electrons. The van der Waals surface area contributed by atoms with E-state index < -0.39 is 24.5 Å². The third-order valence-electron chi connectivity index (χ3n) is 6.88. The number of aliphatic hydroxyl groups excluding tert-OH is 1. The van der Waals surface area contributed by atoms with Gasteiger partial charge in [0.2, 0.25) is 5.89 Å². The lowest BCUT2D eigenvalue weighted by atomic mass is 10.0. The van der Waals surface area contributed by atoms with Gasteiger partial charge in [-0.1, -0.05) is 11.2 Å². The van der Waals surface area contributed by atoms with Crippen LogP contribution in [0.5, 0.6) is 0 Å². The van der Waals surface area contributed by atoms with Crippen LogP contribution < -0.4 is 10.6 Å². The van der Waals surface area contributed by atoms with Crippen molar-refractivity contribution < 1.29 is 32.2 Å². The number of carbonyl (C=O) groups is 1. The molecule has 1 amide bonds. The molecule has 2 fully saturated rings. The number of benzene rings is 1. The van der Waals surface area contributed by atoms with E-state index in [-0.39, 0.29) is 24.6 Å². The zero-order valence-corrected chi connectivity index (χ0v) is 21.3. The zero-order valence-electron chi connectivity index (χ0n) is 21.3. The summed E-state index contributed by atoms with van der Waals surface area (Å²) in [7, 11) is 0. The quantitative estimate of drug-likeness (QED) is 0.521. The molecule has 2 aromatic rings. The Morgan fingerprint density at radius 2 is 2.08 bits per heavy atom. The predicted octanol–water partition coefficient (Wildman–Crippen LogP) is 3.42. The highest BCUT2D eigenvalue weighted by Gasteiger charge is 2.41. The standard InChI is InChI=1S/C24H33F3N6O4/c1-13-9-17(12-32-7-8-33(14(2)11-32)23(35)36-16(4)24(25,26)27)15(3)18(10-13)29-22-31-30-21(37-22)20-19(34)5-6-28-20/h9-10,14,16,19-20,28,34H,5-8,11-12H2,1-4H3,(H,29,31)/t14-,16+,19+,20-/m0/s1. The van der Waals surface area contributed by atoms with Gasteiger partial charge >= 0.3 is 18.3 Å². The molecule has 3 N–H and O–H groups in total. The van der Waals surface area contributed by atoms with Crippen molar-refractivity contribution in [3.05, 3.63) is 34.7 Å². The minimum absolute atomic E-state index is 0.226. The van der Waals surface area contributed by atoms with E-state index in [2.05, 4.69) is 36.5 Å². The highest BCUT2D eigenvalue weighted by atomic mass is 19.4. The smallest absolute Gasteiger partial charge is 0.425 e. The van der Waals surface area contributed by atoms with Crippen LogP contribution in [0.1, 0.15) is 48.9 Å². The molecule has 2 saturated heterocycles. The molecule has 3 heterocycles. The normalized spacial score (nSPS) is 23.8. The molecule has 0 aliphatic carbocycles. The summed E-state index contributed by atoms with van der Waals surface area (Å²) in [6.45, 7) is 9.12. The van der Waals surface area contributed by atoms with E-state index in [0.717, 1.165) is 29.3 Å². The number of carbonyl (C=O) groups excluding carboxylic acids is 1. The van der Waals surface area contributed by atoms with Gasteiger partial charge in [-0.05, 0) is 63.4 Å². The average Bonchev–Trinajstić information content (AvgIpc) is 3.44. The fourth-order valence-corrected chi connectivity index (χ4v) is 4.67. The van der Waals surface area contributed by atoms with Crippen LogP contribution in [0.2, 0.25) is 0 Å². The van der Waals surface area contributed by atoms with Crippen molar-refractivity contribution in [1.82, 2.24) is 25.3 Å². The van der Waals surface area contributed by atoms with Gasteiger partial charge in [-0.15, -0.1) is 5.10 Å². The Hall–Kier alpha value is -2.90. The fraction of sp³-hybridized carbons (Fsp3) is 0.625. The number of halogens is 3. The van der Waals surface area contributed by atoms with Crippen LogP contribution in [0.4, 0.5) is 29.7 Å². The average molecular weight is 527 g/mol. The maximum Gasteiger partial charge on any atom is 0.425 e.